The van der Waals surface area contributed by atoms with E-state index in [-0.39, 0.29) is 25.7 Å². The second-order valence-electron chi connectivity index (χ2n) is 27.0. The molecule has 0 radical (unpaired) electrons. The van der Waals surface area contributed by atoms with Crippen molar-refractivity contribution in [1.82, 2.24) is 0 Å². The Morgan fingerprint density at radius 2 is 0.490 bits per heavy atom. The van der Waals surface area contributed by atoms with Crippen LogP contribution in [0.1, 0.15) is 349 Å². The highest BCUT2D eigenvalue weighted by atomic mass is 31.2. The maximum absolute atomic E-state index is 13.1. The summed E-state index contributed by atoms with van der Waals surface area (Å²) < 4.78 is 68.6. The summed E-state index contributed by atoms with van der Waals surface area (Å²) in [6.45, 7) is 4.75. The number of aliphatic hydroxyl groups excluding tert-OH is 1. The average molecular weight is 1480 g/mol. The van der Waals surface area contributed by atoms with Gasteiger partial charge in [0.1, 0.15) is 19.3 Å². The molecular weight excluding hydrogens is 1330 g/mol. The van der Waals surface area contributed by atoms with E-state index in [0.29, 0.717) is 32.1 Å². The second kappa shape index (κ2) is 75.2. The monoisotopic (exact) mass is 1480 g/mol. The molecule has 0 heterocycles. The molecule has 0 aliphatic heterocycles. The van der Waals surface area contributed by atoms with Crippen LogP contribution in [0.2, 0.25) is 0 Å². The summed E-state index contributed by atoms with van der Waals surface area (Å²) in [5.74, 6) is -2.25. The van der Waals surface area contributed by atoms with Gasteiger partial charge in [-0.2, -0.15) is 0 Å². The van der Waals surface area contributed by atoms with Crippen LogP contribution in [0.25, 0.3) is 0 Å². The lowest BCUT2D eigenvalue weighted by atomic mass is 10.0. The summed E-state index contributed by atoms with van der Waals surface area (Å²) >= 11 is 0. The number of aliphatic hydroxyl groups is 1. The normalized spacial score (nSPS) is 14.4. The van der Waals surface area contributed by atoms with E-state index in [9.17, 15) is 43.2 Å². The third-order valence-corrected chi connectivity index (χ3v) is 18.9. The standard InChI is InChI=1S/C83H146O17P2/c1-5-9-13-17-21-25-29-33-37-38-42-46-50-54-58-62-66-70-83(88)100-79(74-94-81(86)68-64-60-56-52-48-44-40-35-31-27-23-19-15-11-7-3)76-98-102(91,92)96-72-77(84)71-95-101(89,90)97-75-78(99-82(87)69-65-61-57-53-49-45-41-36-32-28-24-20-16-12-8-4)73-93-80(85)67-63-59-55-51-47-43-39-34-30-26-22-18-14-10-6-2/h21-22,24-26,28,33-34,36-37,39,41-42,46,54,58,77-79,84H,5-20,23,27,29-32,35,38,40,43-45,47-53,55-57,59-76H2,1-4H3,(H,89,90)(H,91,92)/b25-21-,26-22-,28-24-,37-33-,39-34-,41-36-,46-42-,58-54-/t77-,78-,79-/m1/s1. The number of hydrogen-bond acceptors (Lipinski definition) is 15. The van der Waals surface area contributed by atoms with E-state index in [1.54, 1.807) is 0 Å². The van der Waals surface area contributed by atoms with Crippen molar-refractivity contribution in [2.75, 3.05) is 39.6 Å². The van der Waals surface area contributed by atoms with E-state index in [2.05, 4.69) is 113 Å². The van der Waals surface area contributed by atoms with Crippen LogP contribution in [0.4, 0.5) is 0 Å². The Kier molecular flexibility index (Phi) is 72.3. The van der Waals surface area contributed by atoms with Crippen LogP contribution in [0.3, 0.4) is 0 Å². The summed E-state index contributed by atoms with van der Waals surface area (Å²) in [6.07, 6.45) is 79.6. The van der Waals surface area contributed by atoms with Gasteiger partial charge in [-0.3, -0.25) is 37.3 Å². The highest BCUT2D eigenvalue weighted by Gasteiger charge is 2.30. The van der Waals surface area contributed by atoms with E-state index >= 15 is 0 Å². The lowest BCUT2D eigenvalue weighted by molar-refractivity contribution is -0.161. The van der Waals surface area contributed by atoms with E-state index in [1.165, 1.54) is 128 Å². The van der Waals surface area contributed by atoms with Crippen LogP contribution in [-0.2, 0) is 65.4 Å². The molecule has 0 aromatic carbocycles. The van der Waals surface area contributed by atoms with Crippen LogP contribution < -0.4 is 0 Å². The maximum atomic E-state index is 13.1. The number of rotatable bonds is 76. The van der Waals surface area contributed by atoms with Crippen LogP contribution in [0, 0.1) is 0 Å². The van der Waals surface area contributed by atoms with Gasteiger partial charge in [-0.05, 0) is 128 Å². The number of allylic oxidation sites excluding steroid dienone is 16. The Hall–Kier alpha value is -4.02. The number of hydrogen-bond donors (Lipinski definition) is 3. The van der Waals surface area contributed by atoms with Gasteiger partial charge in [-0.25, -0.2) is 9.13 Å². The van der Waals surface area contributed by atoms with Gasteiger partial charge in [-0.15, -0.1) is 0 Å². The van der Waals surface area contributed by atoms with E-state index < -0.39 is 97.5 Å². The lowest BCUT2D eigenvalue weighted by Crippen LogP contribution is -2.30. The Labute approximate surface area is 620 Å². The second-order valence-corrected chi connectivity index (χ2v) is 29.9. The number of phosphoric ester groups is 2. The fraction of sp³-hybridized carbons (Fsp3) is 0.759. The smallest absolute Gasteiger partial charge is 0.462 e. The molecule has 102 heavy (non-hydrogen) atoms. The number of unbranched alkanes of at least 4 members (excludes halogenated alkanes) is 34. The molecule has 590 valence electrons. The number of ether oxygens (including phenoxy) is 4. The molecule has 0 saturated heterocycles. The predicted molar refractivity (Wildman–Crippen MR) is 418 cm³/mol. The first-order valence-electron chi connectivity index (χ1n) is 40.5. The highest BCUT2D eigenvalue weighted by Crippen LogP contribution is 2.45. The molecule has 0 aliphatic carbocycles. The van der Waals surface area contributed by atoms with Crippen molar-refractivity contribution in [2.45, 2.75) is 367 Å². The van der Waals surface area contributed by atoms with Crippen LogP contribution >= 0.6 is 15.6 Å². The summed E-state index contributed by atoms with van der Waals surface area (Å²) in [7, 11) is -9.98. The summed E-state index contributed by atoms with van der Waals surface area (Å²) in [5.41, 5.74) is 0. The maximum Gasteiger partial charge on any atom is 0.472 e. The molecule has 5 atom stereocenters. The van der Waals surface area contributed by atoms with Crippen LogP contribution in [-0.4, -0.2) is 96.7 Å². The molecule has 0 fully saturated rings. The zero-order valence-electron chi connectivity index (χ0n) is 64.5. The number of carbonyl (C=O) groups excluding carboxylic acids is 4. The summed E-state index contributed by atoms with van der Waals surface area (Å²) in [4.78, 5) is 73.0. The van der Waals surface area contributed by atoms with Gasteiger partial charge in [0.2, 0.25) is 0 Å². The van der Waals surface area contributed by atoms with Crippen molar-refractivity contribution in [3.05, 3.63) is 97.2 Å². The zero-order chi connectivity index (χ0) is 74.6. The minimum atomic E-state index is -4.99. The van der Waals surface area contributed by atoms with Crippen molar-refractivity contribution < 1.29 is 80.2 Å². The van der Waals surface area contributed by atoms with E-state index in [1.807, 2.05) is 12.2 Å². The largest absolute Gasteiger partial charge is 0.472 e. The van der Waals surface area contributed by atoms with Crippen molar-refractivity contribution in [3.63, 3.8) is 0 Å². The Balaban J connectivity index is 5.42. The SMILES string of the molecule is CCCCC/C=C\C/C=C\C/C=C\C/C=C\CCCC(=O)O[C@H](COC(=O)CCCCCCCCCCCCCCCCC)COP(=O)(O)OC[C@H](O)COP(=O)(O)OC[C@@H](COC(=O)CCCCCCC/C=C\C/C=C\CCCCC)OC(=O)CCCCCCC/C=C\C/C=C\CCCCC. The van der Waals surface area contributed by atoms with Gasteiger partial charge in [0.15, 0.2) is 12.2 Å². The van der Waals surface area contributed by atoms with Gasteiger partial charge < -0.3 is 33.8 Å². The average Bonchev–Trinajstić information content (AvgIpc) is 0.917. The molecular formula is C83H146O17P2. The van der Waals surface area contributed by atoms with Crippen LogP contribution in [0.5, 0.6) is 0 Å². The fourth-order valence-electron chi connectivity index (χ4n) is 10.8. The molecule has 0 amide bonds. The minimum Gasteiger partial charge on any atom is -0.462 e. The third kappa shape index (κ3) is 74.3. The Morgan fingerprint density at radius 3 is 0.794 bits per heavy atom. The molecule has 0 bridgehead atoms. The predicted octanol–water partition coefficient (Wildman–Crippen LogP) is 23.6. The first-order chi connectivity index (χ1) is 49.7. The van der Waals surface area contributed by atoms with Crippen molar-refractivity contribution in [3.8, 4) is 0 Å². The van der Waals surface area contributed by atoms with Crippen molar-refractivity contribution in [2.24, 2.45) is 0 Å². The summed E-state index contributed by atoms with van der Waals surface area (Å²) in [5, 5.41) is 10.6. The van der Waals surface area contributed by atoms with E-state index in [4.69, 9.17) is 37.0 Å². The van der Waals surface area contributed by atoms with Gasteiger partial charge in [0.25, 0.3) is 0 Å². The van der Waals surface area contributed by atoms with Gasteiger partial charge in [0.05, 0.1) is 26.4 Å². The molecule has 3 N–H and O–H groups in total. The molecule has 0 saturated carbocycles. The van der Waals surface area contributed by atoms with Crippen molar-refractivity contribution in [1.29, 1.82) is 0 Å². The van der Waals surface area contributed by atoms with Gasteiger partial charge >= 0.3 is 39.5 Å². The van der Waals surface area contributed by atoms with Gasteiger partial charge in [-0.1, -0.05) is 292 Å². The number of carbonyl (C=O) groups is 4. The topological polar surface area (TPSA) is 237 Å². The quantitative estimate of drug-likeness (QED) is 0.0169. The molecule has 0 aliphatic rings. The third-order valence-electron chi connectivity index (χ3n) is 17.0. The lowest BCUT2D eigenvalue weighted by Gasteiger charge is -2.21. The minimum absolute atomic E-state index is 0.0208. The molecule has 0 aromatic heterocycles. The first kappa shape index (κ1) is 98.0. The molecule has 2 unspecified atom stereocenters. The molecule has 0 aromatic rings. The number of esters is 4. The van der Waals surface area contributed by atoms with Crippen LogP contribution in [0.15, 0.2) is 97.2 Å². The first-order valence-corrected chi connectivity index (χ1v) is 43.5. The Bertz CT molecular complexity index is 2310. The van der Waals surface area contributed by atoms with E-state index in [0.717, 1.165) is 135 Å². The fourth-order valence-corrected chi connectivity index (χ4v) is 12.4. The molecule has 19 heteroatoms. The molecule has 0 spiro atoms. The summed E-state index contributed by atoms with van der Waals surface area (Å²) in [6, 6.07) is 0. The highest BCUT2D eigenvalue weighted by molar-refractivity contribution is 7.47. The molecule has 0 rings (SSSR count). The molecule has 17 nitrogen and oxygen atoms in total. The van der Waals surface area contributed by atoms with Crippen molar-refractivity contribution >= 4 is 39.5 Å². The number of phosphoric acid groups is 2. The Morgan fingerprint density at radius 1 is 0.275 bits per heavy atom. The van der Waals surface area contributed by atoms with Gasteiger partial charge in [0, 0.05) is 25.7 Å². The zero-order valence-corrected chi connectivity index (χ0v) is 66.3.